The molecule has 1 unspecified atom stereocenters. The van der Waals surface area contributed by atoms with E-state index in [1.54, 1.807) is 23.5 Å². The maximum absolute atomic E-state index is 12.9. The first-order valence-electron chi connectivity index (χ1n) is 6.88. The minimum Gasteiger partial charge on any atom is -0.325 e. The summed E-state index contributed by atoms with van der Waals surface area (Å²) in [5, 5.41) is 6.95. The number of anilines is 1. The van der Waals surface area contributed by atoms with Crippen LogP contribution < -0.4 is 5.32 Å². The first-order chi connectivity index (χ1) is 10.1. The second kappa shape index (κ2) is 7.33. The number of benzene rings is 1. The minimum absolute atomic E-state index is 0.0677. The van der Waals surface area contributed by atoms with E-state index in [2.05, 4.69) is 16.8 Å². The lowest BCUT2D eigenvalue weighted by atomic mass is 10.1. The van der Waals surface area contributed by atoms with Gasteiger partial charge in [0.05, 0.1) is 6.04 Å². The Kier molecular flexibility index (Phi) is 5.47. The van der Waals surface area contributed by atoms with E-state index in [0.29, 0.717) is 12.1 Å². The molecule has 0 spiro atoms. The summed E-state index contributed by atoms with van der Waals surface area (Å²) in [4.78, 5) is 14.4. The van der Waals surface area contributed by atoms with Gasteiger partial charge in [0.1, 0.15) is 5.82 Å². The standard InChI is InChI=1S/C16H19FN2OS/c1-3-15(19(2)10-12-8-9-21-11-12)16(20)18-14-6-4-13(17)5-7-14/h4-9,11,15H,3,10H2,1-2H3,(H,18,20). The number of halogens is 1. The number of hydrogen-bond donors (Lipinski definition) is 1. The van der Waals surface area contributed by atoms with Gasteiger partial charge in [0, 0.05) is 12.2 Å². The Hall–Kier alpha value is -1.72. The molecule has 2 rings (SSSR count). The summed E-state index contributed by atoms with van der Waals surface area (Å²) in [7, 11) is 1.94. The molecule has 0 aliphatic rings. The molecule has 21 heavy (non-hydrogen) atoms. The minimum atomic E-state index is -0.311. The van der Waals surface area contributed by atoms with Crippen LogP contribution in [-0.2, 0) is 11.3 Å². The third-order valence-electron chi connectivity index (χ3n) is 3.35. The summed E-state index contributed by atoms with van der Waals surface area (Å²) in [6.45, 7) is 2.72. The third kappa shape index (κ3) is 4.37. The molecule has 1 heterocycles. The van der Waals surface area contributed by atoms with Gasteiger partial charge < -0.3 is 5.32 Å². The number of nitrogens with one attached hydrogen (secondary N) is 1. The van der Waals surface area contributed by atoms with E-state index in [-0.39, 0.29) is 17.8 Å². The lowest BCUT2D eigenvalue weighted by Crippen LogP contribution is -2.41. The quantitative estimate of drug-likeness (QED) is 0.882. The highest BCUT2D eigenvalue weighted by Gasteiger charge is 2.21. The Bertz CT molecular complexity index is 568. The van der Waals surface area contributed by atoms with Crippen LogP contribution in [-0.4, -0.2) is 23.9 Å². The van der Waals surface area contributed by atoms with E-state index < -0.39 is 0 Å². The zero-order chi connectivity index (χ0) is 15.2. The SMILES string of the molecule is CCC(C(=O)Nc1ccc(F)cc1)N(C)Cc1ccsc1. The average molecular weight is 306 g/mol. The van der Waals surface area contributed by atoms with E-state index in [4.69, 9.17) is 0 Å². The van der Waals surface area contributed by atoms with E-state index >= 15 is 0 Å². The molecule has 0 saturated heterocycles. The average Bonchev–Trinajstić information content (AvgIpc) is 2.95. The molecule has 2 aromatic rings. The maximum atomic E-state index is 12.9. The molecule has 5 heteroatoms. The van der Waals surface area contributed by atoms with Crippen molar-refractivity contribution >= 4 is 22.9 Å². The van der Waals surface area contributed by atoms with Crippen molar-refractivity contribution in [2.75, 3.05) is 12.4 Å². The Balaban J connectivity index is 1.98. The molecule has 0 aliphatic heterocycles. The molecule has 0 saturated carbocycles. The maximum Gasteiger partial charge on any atom is 0.241 e. The summed E-state index contributed by atoms with van der Waals surface area (Å²) in [6, 6.07) is 7.66. The molecule has 3 nitrogen and oxygen atoms in total. The van der Waals surface area contributed by atoms with Gasteiger partial charge in [-0.05, 0) is 60.1 Å². The molecular weight excluding hydrogens is 287 g/mol. The molecule has 0 aliphatic carbocycles. The van der Waals surface area contributed by atoms with Gasteiger partial charge in [-0.1, -0.05) is 6.92 Å². The number of hydrogen-bond acceptors (Lipinski definition) is 3. The topological polar surface area (TPSA) is 32.3 Å². The fourth-order valence-electron chi connectivity index (χ4n) is 2.24. The van der Waals surface area contributed by atoms with Gasteiger partial charge in [0.25, 0.3) is 0 Å². The van der Waals surface area contributed by atoms with Crippen molar-refractivity contribution in [2.24, 2.45) is 0 Å². The van der Waals surface area contributed by atoms with Crippen molar-refractivity contribution in [2.45, 2.75) is 25.9 Å². The second-order valence-corrected chi connectivity index (χ2v) is 5.75. The first kappa shape index (κ1) is 15.7. The molecule has 0 radical (unpaired) electrons. The lowest BCUT2D eigenvalue weighted by Gasteiger charge is -2.25. The van der Waals surface area contributed by atoms with Crippen molar-refractivity contribution in [3.8, 4) is 0 Å². The predicted octanol–water partition coefficient (Wildman–Crippen LogP) is 3.74. The second-order valence-electron chi connectivity index (χ2n) is 4.97. The van der Waals surface area contributed by atoms with Crippen LogP contribution in [0.25, 0.3) is 0 Å². The predicted molar refractivity (Wildman–Crippen MR) is 84.9 cm³/mol. The lowest BCUT2D eigenvalue weighted by molar-refractivity contribution is -0.121. The zero-order valence-electron chi connectivity index (χ0n) is 12.2. The van der Waals surface area contributed by atoms with E-state index in [1.165, 1.54) is 17.7 Å². The van der Waals surface area contributed by atoms with Crippen LogP contribution in [0.3, 0.4) is 0 Å². The largest absolute Gasteiger partial charge is 0.325 e. The fraction of sp³-hybridized carbons (Fsp3) is 0.312. The Labute approximate surface area is 128 Å². The molecular formula is C16H19FN2OS. The van der Waals surface area contributed by atoms with Crippen molar-refractivity contribution < 1.29 is 9.18 Å². The highest BCUT2D eigenvalue weighted by molar-refractivity contribution is 7.07. The van der Waals surface area contributed by atoms with Crippen LogP contribution in [0.4, 0.5) is 10.1 Å². The van der Waals surface area contributed by atoms with Crippen LogP contribution >= 0.6 is 11.3 Å². The molecule has 1 atom stereocenters. The smallest absolute Gasteiger partial charge is 0.241 e. The monoisotopic (exact) mass is 306 g/mol. The number of carbonyl (C=O) groups is 1. The van der Waals surface area contributed by atoms with Crippen molar-refractivity contribution in [3.05, 3.63) is 52.5 Å². The number of nitrogens with zero attached hydrogens (tertiary/aromatic N) is 1. The highest BCUT2D eigenvalue weighted by atomic mass is 32.1. The molecule has 1 aromatic heterocycles. The van der Waals surface area contributed by atoms with Gasteiger partial charge in [-0.2, -0.15) is 11.3 Å². The molecule has 1 N–H and O–H groups in total. The van der Waals surface area contributed by atoms with E-state index in [9.17, 15) is 9.18 Å². The Morgan fingerprint density at radius 3 is 2.62 bits per heavy atom. The number of amides is 1. The Morgan fingerprint density at radius 2 is 2.05 bits per heavy atom. The van der Waals surface area contributed by atoms with Gasteiger partial charge in [0.2, 0.25) is 5.91 Å². The molecule has 0 fully saturated rings. The number of carbonyl (C=O) groups excluding carboxylic acids is 1. The summed E-state index contributed by atoms with van der Waals surface area (Å²) in [5.74, 6) is -0.378. The number of likely N-dealkylation sites (N-methyl/N-ethyl adjacent to an activating group) is 1. The fourth-order valence-corrected chi connectivity index (χ4v) is 2.90. The molecule has 1 amide bonds. The highest BCUT2D eigenvalue weighted by Crippen LogP contribution is 2.14. The third-order valence-corrected chi connectivity index (χ3v) is 4.08. The van der Waals surface area contributed by atoms with Gasteiger partial charge in [-0.3, -0.25) is 9.69 Å². The van der Waals surface area contributed by atoms with Crippen LogP contribution in [0.2, 0.25) is 0 Å². The summed E-state index contributed by atoms with van der Waals surface area (Å²) in [6.07, 6.45) is 0.716. The molecule has 0 bridgehead atoms. The van der Waals surface area contributed by atoms with E-state index in [1.807, 2.05) is 24.3 Å². The van der Waals surface area contributed by atoms with E-state index in [0.717, 1.165) is 6.54 Å². The first-order valence-corrected chi connectivity index (χ1v) is 7.82. The zero-order valence-corrected chi connectivity index (χ0v) is 13.0. The van der Waals surface area contributed by atoms with Gasteiger partial charge >= 0.3 is 0 Å². The molecule has 112 valence electrons. The van der Waals surface area contributed by atoms with Crippen molar-refractivity contribution in [1.82, 2.24) is 4.90 Å². The van der Waals surface area contributed by atoms with Crippen LogP contribution in [0.5, 0.6) is 0 Å². The summed E-state index contributed by atoms with van der Waals surface area (Å²) in [5.41, 5.74) is 1.82. The van der Waals surface area contributed by atoms with Gasteiger partial charge in [-0.25, -0.2) is 4.39 Å². The normalized spacial score (nSPS) is 12.4. The summed E-state index contributed by atoms with van der Waals surface area (Å²) < 4.78 is 12.9. The van der Waals surface area contributed by atoms with Gasteiger partial charge in [0.15, 0.2) is 0 Å². The Morgan fingerprint density at radius 1 is 1.33 bits per heavy atom. The van der Waals surface area contributed by atoms with Crippen molar-refractivity contribution in [1.29, 1.82) is 0 Å². The van der Waals surface area contributed by atoms with Crippen LogP contribution in [0.15, 0.2) is 41.1 Å². The van der Waals surface area contributed by atoms with Crippen molar-refractivity contribution in [3.63, 3.8) is 0 Å². The number of rotatable bonds is 6. The molecule has 1 aromatic carbocycles. The number of thiophene rings is 1. The van der Waals surface area contributed by atoms with Crippen LogP contribution in [0, 0.1) is 5.82 Å². The van der Waals surface area contributed by atoms with Crippen LogP contribution in [0.1, 0.15) is 18.9 Å². The van der Waals surface area contributed by atoms with Gasteiger partial charge in [-0.15, -0.1) is 0 Å². The summed E-state index contributed by atoms with van der Waals surface area (Å²) >= 11 is 1.65.